The van der Waals surface area contributed by atoms with Gasteiger partial charge in [-0.1, -0.05) is 6.07 Å². The summed E-state index contributed by atoms with van der Waals surface area (Å²) in [5, 5.41) is 3.30. The summed E-state index contributed by atoms with van der Waals surface area (Å²) in [5.74, 6) is 0.656. The van der Waals surface area contributed by atoms with Gasteiger partial charge in [-0.3, -0.25) is 14.6 Å². The highest BCUT2D eigenvalue weighted by atomic mass is 16.2. The maximum atomic E-state index is 12.9. The molecule has 0 fully saturated rings. The number of hydrogen-bond acceptors (Lipinski definition) is 5. The summed E-state index contributed by atoms with van der Waals surface area (Å²) in [5.41, 5.74) is 1.53. The van der Waals surface area contributed by atoms with Crippen molar-refractivity contribution in [3.8, 4) is 0 Å². The molecule has 142 valence electrons. The van der Waals surface area contributed by atoms with Gasteiger partial charge in [-0.05, 0) is 43.5 Å². The van der Waals surface area contributed by atoms with Gasteiger partial charge in [-0.25, -0.2) is 4.98 Å². The van der Waals surface area contributed by atoms with Crippen LogP contribution in [0.1, 0.15) is 28.9 Å². The van der Waals surface area contributed by atoms with E-state index < -0.39 is 0 Å². The Morgan fingerprint density at radius 3 is 2.74 bits per heavy atom. The van der Waals surface area contributed by atoms with Crippen molar-refractivity contribution in [1.29, 1.82) is 0 Å². The molecule has 7 heteroatoms. The molecule has 3 heterocycles. The number of hydrogen-bond donors (Lipinski definition) is 1. The molecule has 0 atom stereocenters. The van der Waals surface area contributed by atoms with Gasteiger partial charge in [0.15, 0.2) is 0 Å². The molecule has 7 nitrogen and oxygen atoms in total. The van der Waals surface area contributed by atoms with Crippen LogP contribution < -0.4 is 5.32 Å². The van der Waals surface area contributed by atoms with E-state index in [9.17, 15) is 9.59 Å². The van der Waals surface area contributed by atoms with Crippen molar-refractivity contribution in [3.05, 3.63) is 54.0 Å². The normalized spacial score (nSPS) is 16.4. The van der Waals surface area contributed by atoms with E-state index in [4.69, 9.17) is 0 Å². The summed E-state index contributed by atoms with van der Waals surface area (Å²) in [6.45, 7) is 1.95. The topological polar surface area (TPSA) is 78.4 Å². The fourth-order valence-electron chi connectivity index (χ4n) is 3.04. The van der Waals surface area contributed by atoms with Crippen LogP contribution in [0.4, 0.5) is 5.82 Å². The van der Waals surface area contributed by atoms with Gasteiger partial charge >= 0.3 is 0 Å². The molecule has 1 N–H and O–H groups in total. The van der Waals surface area contributed by atoms with Crippen LogP contribution in [-0.4, -0.2) is 64.8 Å². The predicted molar refractivity (Wildman–Crippen MR) is 103 cm³/mol. The average molecular weight is 367 g/mol. The molecule has 0 saturated heterocycles. The minimum Gasteiger partial charge on any atom is -0.370 e. The zero-order chi connectivity index (χ0) is 19.1. The zero-order valence-electron chi connectivity index (χ0n) is 15.6. The molecule has 0 aromatic carbocycles. The van der Waals surface area contributed by atoms with Crippen LogP contribution in [0.25, 0.3) is 0 Å². The van der Waals surface area contributed by atoms with E-state index in [2.05, 4.69) is 15.3 Å². The first kappa shape index (κ1) is 18.8. The molecule has 1 aliphatic heterocycles. The van der Waals surface area contributed by atoms with Crippen LogP contribution in [0, 0.1) is 0 Å². The zero-order valence-corrected chi connectivity index (χ0v) is 15.6. The first-order valence-electron chi connectivity index (χ1n) is 9.26. The Bertz CT molecular complexity index is 781. The van der Waals surface area contributed by atoms with Gasteiger partial charge in [-0.15, -0.1) is 0 Å². The van der Waals surface area contributed by atoms with Crippen molar-refractivity contribution in [2.24, 2.45) is 0 Å². The van der Waals surface area contributed by atoms with Crippen molar-refractivity contribution < 1.29 is 9.59 Å². The molecule has 3 rings (SSSR count). The van der Waals surface area contributed by atoms with Crippen LogP contribution in [0.3, 0.4) is 0 Å². The number of pyridine rings is 2. The molecular weight excluding hydrogens is 342 g/mol. The molecule has 2 aromatic rings. The van der Waals surface area contributed by atoms with Crippen LogP contribution in [0.2, 0.25) is 0 Å². The second-order valence-corrected chi connectivity index (χ2v) is 6.68. The Labute approximate surface area is 159 Å². The summed E-state index contributed by atoms with van der Waals surface area (Å²) in [6.07, 6.45) is 5.48. The Morgan fingerprint density at radius 2 is 1.93 bits per heavy atom. The van der Waals surface area contributed by atoms with E-state index in [1.807, 2.05) is 18.2 Å². The molecule has 2 bridgehead atoms. The molecule has 0 saturated carbocycles. The van der Waals surface area contributed by atoms with E-state index in [0.717, 1.165) is 37.3 Å². The molecule has 1 aliphatic rings. The smallest absolute Gasteiger partial charge is 0.254 e. The van der Waals surface area contributed by atoms with Crippen LogP contribution >= 0.6 is 0 Å². The number of amides is 2. The number of aryl methyl sites for hydroxylation is 1. The molecule has 2 amide bonds. The molecule has 0 spiro atoms. The minimum absolute atomic E-state index is 0.0499. The Hall–Kier alpha value is -2.96. The summed E-state index contributed by atoms with van der Waals surface area (Å²) in [4.78, 5) is 37.3. The summed E-state index contributed by atoms with van der Waals surface area (Å²) in [7, 11) is 1.78. The van der Waals surface area contributed by atoms with Crippen LogP contribution in [-0.2, 0) is 11.2 Å². The Balaban J connectivity index is 1.78. The van der Waals surface area contributed by atoms with Gasteiger partial charge in [-0.2, -0.15) is 0 Å². The number of likely N-dealkylation sites (N-methyl/N-ethyl adjacent to an activating group) is 1. The molecule has 2 aromatic heterocycles. The van der Waals surface area contributed by atoms with Gasteiger partial charge in [0.05, 0.1) is 0 Å². The lowest BCUT2D eigenvalue weighted by Gasteiger charge is -2.26. The average Bonchev–Trinajstić information content (AvgIpc) is 2.70. The van der Waals surface area contributed by atoms with E-state index in [1.54, 1.807) is 41.4 Å². The lowest BCUT2D eigenvalue weighted by Crippen LogP contribution is -2.42. The number of nitrogens with one attached hydrogen (secondary N) is 1. The van der Waals surface area contributed by atoms with Gasteiger partial charge in [0.1, 0.15) is 12.4 Å². The molecule has 27 heavy (non-hydrogen) atoms. The number of anilines is 1. The lowest BCUT2D eigenvalue weighted by atomic mass is 10.1. The van der Waals surface area contributed by atoms with E-state index in [1.165, 1.54) is 0 Å². The van der Waals surface area contributed by atoms with Crippen molar-refractivity contribution in [2.45, 2.75) is 19.3 Å². The highest BCUT2D eigenvalue weighted by Crippen LogP contribution is 2.10. The number of rotatable bonds is 1. The third-order valence-electron chi connectivity index (χ3n) is 4.61. The van der Waals surface area contributed by atoms with Gasteiger partial charge < -0.3 is 15.1 Å². The first-order valence-corrected chi connectivity index (χ1v) is 9.26. The van der Waals surface area contributed by atoms with Crippen LogP contribution in [0.5, 0.6) is 0 Å². The van der Waals surface area contributed by atoms with E-state index in [0.29, 0.717) is 18.7 Å². The second-order valence-electron chi connectivity index (χ2n) is 6.68. The summed E-state index contributed by atoms with van der Waals surface area (Å²) < 4.78 is 0. The highest BCUT2D eigenvalue weighted by Gasteiger charge is 2.20. The van der Waals surface area contributed by atoms with E-state index >= 15 is 0 Å². The summed E-state index contributed by atoms with van der Waals surface area (Å²) >= 11 is 0. The Kier molecular flexibility index (Phi) is 6.35. The monoisotopic (exact) mass is 367 g/mol. The molecular formula is C20H25N5O2. The fourth-order valence-corrected chi connectivity index (χ4v) is 3.04. The van der Waals surface area contributed by atoms with Gasteiger partial charge in [0.25, 0.3) is 5.91 Å². The SMILES string of the molecule is CN1CCCNc2cccc(n2)CCCN(C(=O)c2ccncc2)CC1=O. The molecule has 0 unspecified atom stereocenters. The van der Waals surface area contributed by atoms with E-state index in [-0.39, 0.29) is 18.4 Å². The van der Waals surface area contributed by atoms with Crippen molar-refractivity contribution in [3.63, 3.8) is 0 Å². The number of carbonyl (C=O) groups is 2. The lowest BCUT2D eigenvalue weighted by molar-refractivity contribution is -0.130. The van der Waals surface area contributed by atoms with Gasteiger partial charge in [0, 0.05) is 50.3 Å². The molecule has 0 aliphatic carbocycles. The molecule has 0 radical (unpaired) electrons. The predicted octanol–water partition coefficient (Wildman–Crippen LogP) is 1.83. The third-order valence-corrected chi connectivity index (χ3v) is 4.61. The van der Waals surface area contributed by atoms with Crippen molar-refractivity contribution in [1.82, 2.24) is 19.8 Å². The quantitative estimate of drug-likeness (QED) is 0.832. The van der Waals surface area contributed by atoms with Crippen molar-refractivity contribution >= 4 is 17.6 Å². The minimum atomic E-state index is -0.144. The van der Waals surface area contributed by atoms with Gasteiger partial charge in [0.2, 0.25) is 5.91 Å². The highest BCUT2D eigenvalue weighted by molar-refractivity contribution is 5.96. The summed E-state index contributed by atoms with van der Waals surface area (Å²) in [6, 6.07) is 9.29. The number of fused-ring (bicyclic) bond motifs is 2. The maximum absolute atomic E-state index is 12.9. The number of carbonyl (C=O) groups excluding carboxylic acids is 2. The van der Waals surface area contributed by atoms with Crippen molar-refractivity contribution in [2.75, 3.05) is 38.5 Å². The largest absolute Gasteiger partial charge is 0.370 e. The maximum Gasteiger partial charge on any atom is 0.254 e. The van der Waals surface area contributed by atoms with Crippen LogP contribution in [0.15, 0.2) is 42.7 Å². The first-order chi connectivity index (χ1) is 13.1. The Morgan fingerprint density at radius 1 is 1.11 bits per heavy atom. The standard InChI is InChI=1S/C20H25N5O2/c1-24-13-4-10-22-18-7-2-5-17(23-18)6-3-14-25(15-19(24)26)20(27)16-8-11-21-12-9-16/h2,5,7-9,11-12H,3-4,6,10,13-15H2,1H3,(H,22,23). The second kappa shape index (κ2) is 9.12. The number of aromatic nitrogens is 2. The number of nitrogens with zero attached hydrogens (tertiary/aromatic N) is 4. The fraction of sp³-hybridized carbons (Fsp3) is 0.400. The third kappa shape index (κ3) is 5.26.